The Hall–Kier alpha value is -2.24. The third-order valence-corrected chi connectivity index (χ3v) is 3.47. The number of carbonyl (C=O) groups excluding carboxylic acids is 1. The minimum atomic E-state index is -0.861. The number of amides is 2. The molecule has 0 radical (unpaired) electrons. The van der Waals surface area contributed by atoms with E-state index in [1.807, 2.05) is 25.1 Å². The second kappa shape index (κ2) is 10.5. The quantitative estimate of drug-likeness (QED) is 0.573. The van der Waals surface area contributed by atoms with E-state index in [4.69, 9.17) is 9.84 Å². The molecule has 0 heterocycles. The Bertz CT molecular complexity index is 544. The largest absolute Gasteiger partial charge is 0.493 e. The molecule has 0 aliphatic carbocycles. The lowest BCUT2D eigenvalue weighted by molar-refractivity contribution is -0.137. The lowest BCUT2D eigenvalue weighted by atomic mass is 10.1. The van der Waals surface area contributed by atoms with Crippen molar-refractivity contribution >= 4 is 12.0 Å². The van der Waals surface area contributed by atoms with E-state index in [1.54, 1.807) is 0 Å². The van der Waals surface area contributed by atoms with E-state index in [0.717, 1.165) is 23.3 Å². The van der Waals surface area contributed by atoms with Gasteiger partial charge in [-0.15, -0.1) is 0 Å². The van der Waals surface area contributed by atoms with E-state index in [-0.39, 0.29) is 12.5 Å². The summed E-state index contributed by atoms with van der Waals surface area (Å²) < 4.78 is 5.85. The Balaban J connectivity index is 2.45. The summed E-state index contributed by atoms with van der Waals surface area (Å²) >= 11 is 0. The molecule has 0 atom stereocenters. The maximum Gasteiger partial charge on any atom is 0.315 e. The van der Waals surface area contributed by atoms with Gasteiger partial charge in [0.25, 0.3) is 0 Å². The highest BCUT2D eigenvalue weighted by molar-refractivity contribution is 5.74. The number of carboxylic acid groups (broad SMARTS) is 1. The smallest absolute Gasteiger partial charge is 0.315 e. The maximum atomic E-state index is 11.7. The summed E-state index contributed by atoms with van der Waals surface area (Å²) in [5.74, 6) is 0.509. The molecule has 1 aromatic carbocycles. The van der Waals surface area contributed by atoms with Crippen LogP contribution in [0.3, 0.4) is 0 Å². The van der Waals surface area contributed by atoms with Crippen molar-refractivity contribution in [2.45, 2.75) is 46.6 Å². The Morgan fingerprint density at radius 2 is 2.00 bits per heavy atom. The number of aryl methyl sites for hydroxylation is 1. The predicted molar refractivity (Wildman–Crippen MR) is 93.2 cm³/mol. The Labute approximate surface area is 143 Å². The summed E-state index contributed by atoms with van der Waals surface area (Å²) in [6.07, 6.45) is 1.44. The van der Waals surface area contributed by atoms with Gasteiger partial charge in [0, 0.05) is 25.1 Å². The number of urea groups is 1. The molecule has 0 aliphatic heterocycles. The van der Waals surface area contributed by atoms with Gasteiger partial charge < -0.3 is 20.5 Å². The van der Waals surface area contributed by atoms with Crippen LogP contribution >= 0.6 is 0 Å². The number of benzene rings is 1. The zero-order chi connectivity index (χ0) is 17.9. The van der Waals surface area contributed by atoms with Crippen LogP contribution in [0.2, 0.25) is 0 Å². The number of nitrogens with one attached hydrogen (secondary N) is 2. The number of rotatable bonds is 10. The van der Waals surface area contributed by atoms with Gasteiger partial charge in [-0.05, 0) is 37.3 Å². The highest BCUT2D eigenvalue weighted by Gasteiger charge is 2.07. The van der Waals surface area contributed by atoms with E-state index in [9.17, 15) is 9.59 Å². The summed E-state index contributed by atoms with van der Waals surface area (Å²) in [4.78, 5) is 22.1. The molecule has 0 unspecified atom stereocenters. The fraction of sp³-hybridized carbons (Fsp3) is 0.556. The van der Waals surface area contributed by atoms with E-state index >= 15 is 0 Å². The van der Waals surface area contributed by atoms with Crippen molar-refractivity contribution in [3.63, 3.8) is 0 Å². The van der Waals surface area contributed by atoms with E-state index in [2.05, 4.69) is 24.5 Å². The molecule has 6 heteroatoms. The van der Waals surface area contributed by atoms with Crippen molar-refractivity contribution in [2.75, 3.05) is 13.2 Å². The first-order valence-electron chi connectivity index (χ1n) is 8.34. The summed E-state index contributed by atoms with van der Waals surface area (Å²) in [5.41, 5.74) is 2.03. The Morgan fingerprint density at radius 1 is 1.25 bits per heavy atom. The summed E-state index contributed by atoms with van der Waals surface area (Å²) in [6.45, 7) is 7.65. The van der Waals surface area contributed by atoms with Gasteiger partial charge in [-0.1, -0.05) is 26.0 Å². The van der Waals surface area contributed by atoms with Crippen LogP contribution < -0.4 is 15.4 Å². The Kier molecular flexibility index (Phi) is 8.68. The predicted octanol–water partition coefficient (Wildman–Crippen LogP) is 3.08. The molecule has 0 aliphatic rings. The summed E-state index contributed by atoms with van der Waals surface area (Å²) in [7, 11) is 0. The first-order valence-corrected chi connectivity index (χ1v) is 8.34. The molecule has 0 aromatic heterocycles. The number of hydrogen-bond acceptors (Lipinski definition) is 3. The third-order valence-electron chi connectivity index (χ3n) is 3.47. The zero-order valence-electron chi connectivity index (χ0n) is 14.7. The number of aliphatic carboxylic acids is 1. The normalized spacial score (nSPS) is 10.5. The van der Waals surface area contributed by atoms with Gasteiger partial charge in [0.1, 0.15) is 5.75 Å². The molecular weight excluding hydrogens is 308 g/mol. The fourth-order valence-corrected chi connectivity index (χ4v) is 2.03. The summed E-state index contributed by atoms with van der Waals surface area (Å²) in [5, 5.41) is 14.0. The van der Waals surface area contributed by atoms with Crippen LogP contribution in [0.5, 0.6) is 5.75 Å². The van der Waals surface area contributed by atoms with Gasteiger partial charge >= 0.3 is 12.0 Å². The third kappa shape index (κ3) is 8.41. The minimum absolute atomic E-state index is 0.0477. The topological polar surface area (TPSA) is 87.7 Å². The van der Waals surface area contributed by atoms with Crippen LogP contribution in [-0.2, 0) is 11.3 Å². The molecule has 3 N–H and O–H groups in total. The SMILES string of the molecule is Cc1ccc(CNC(=O)NCCCC(=O)O)c(OCCC(C)C)c1. The van der Waals surface area contributed by atoms with E-state index in [0.29, 0.717) is 32.0 Å². The average Bonchev–Trinajstić information content (AvgIpc) is 2.50. The molecule has 2 amide bonds. The van der Waals surface area contributed by atoms with Crippen LogP contribution in [-0.4, -0.2) is 30.3 Å². The van der Waals surface area contributed by atoms with Crippen molar-refractivity contribution in [1.29, 1.82) is 0 Å². The molecule has 134 valence electrons. The van der Waals surface area contributed by atoms with Gasteiger partial charge in [-0.2, -0.15) is 0 Å². The fourth-order valence-electron chi connectivity index (χ4n) is 2.03. The summed E-state index contributed by atoms with van der Waals surface area (Å²) in [6, 6.07) is 5.60. The molecule has 0 saturated carbocycles. The van der Waals surface area contributed by atoms with Gasteiger partial charge in [-0.3, -0.25) is 4.79 Å². The van der Waals surface area contributed by atoms with Crippen LogP contribution in [0, 0.1) is 12.8 Å². The lowest BCUT2D eigenvalue weighted by Crippen LogP contribution is -2.35. The van der Waals surface area contributed by atoms with Crippen LogP contribution in [0.4, 0.5) is 4.79 Å². The molecule has 0 fully saturated rings. The highest BCUT2D eigenvalue weighted by atomic mass is 16.5. The molecule has 24 heavy (non-hydrogen) atoms. The maximum absolute atomic E-state index is 11.7. The van der Waals surface area contributed by atoms with Crippen molar-refractivity contribution in [3.8, 4) is 5.75 Å². The highest BCUT2D eigenvalue weighted by Crippen LogP contribution is 2.21. The number of carboxylic acids is 1. The number of hydrogen-bond donors (Lipinski definition) is 3. The van der Waals surface area contributed by atoms with Crippen molar-refractivity contribution in [2.24, 2.45) is 5.92 Å². The molecule has 0 saturated heterocycles. The molecule has 1 rings (SSSR count). The average molecular weight is 336 g/mol. The standard InChI is InChI=1S/C18H28N2O4/c1-13(2)8-10-24-16-11-14(3)6-7-15(16)12-20-18(23)19-9-4-5-17(21)22/h6-7,11,13H,4-5,8-10,12H2,1-3H3,(H,21,22)(H2,19,20,23). The molecule has 0 bridgehead atoms. The van der Waals surface area contributed by atoms with Gasteiger partial charge in [0.15, 0.2) is 0 Å². The molecular formula is C18H28N2O4. The van der Waals surface area contributed by atoms with Crippen LogP contribution in [0.25, 0.3) is 0 Å². The lowest BCUT2D eigenvalue weighted by Gasteiger charge is -2.14. The number of carbonyl (C=O) groups is 2. The van der Waals surface area contributed by atoms with Crippen LogP contribution in [0.15, 0.2) is 18.2 Å². The van der Waals surface area contributed by atoms with Crippen LogP contribution in [0.1, 0.15) is 44.2 Å². The zero-order valence-corrected chi connectivity index (χ0v) is 14.7. The van der Waals surface area contributed by atoms with Crippen molar-refractivity contribution in [1.82, 2.24) is 10.6 Å². The van der Waals surface area contributed by atoms with Gasteiger partial charge in [-0.25, -0.2) is 4.79 Å². The number of ether oxygens (including phenoxy) is 1. The van der Waals surface area contributed by atoms with Crippen molar-refractivity contribution < 1.29 is 19.4 Å². The molecule has 1 aromatic rings. The Morgan fingerprint density at radius 3 is 2.67 bits per heavy atom. The second-order valence-corrected chi connectivity index (χ2v) is 6.25. The minimum Gasteiger partial charge on any atom is -0.493 e. The van der Waals surface area contributed by atoms with Gasteiger partial charge in [0.05, 0.1) is 6.61 Å². The second-order valence-electron chi connectivity index (χ2n) is 6.25. The molecule has 6 nitrogen and oxygen atoms in total. The van der Waals surface area contributed by atoms with E-state index in [1.165, 1.54) is 0 Å². The monoisotopic (exact) mass is 336 g/mol. The van der Waals surface area contributed by atoms with Gasteiger partial charge in [0.2, 0.25) is 0 Å². The first-order chi connectivity index (χ1) is 11.4. The first kappa shape index (κ1) is 19.8. The molecule has 0 spiro atoms. The van der Waals surface area contributed by atoms with E-state index < -0.39 is 5.97 Å². The van der Waals surface area contributed by atoms with Crippen molar-refractivity contribution in [3.05, 3.63) is 29.3 Å².